The second kappa shape index (κ2) is 9.09. The molecule has 28 heavy (non-hydrogen) atoms. The summed E-state index contributed by atoms with van der Waals surface area (Å²) in [5.41, 5.74) is 1.21. The summed E-state index contributed by atoms with van der Waals surface area (Å²) in [5.74, 6) is 1.79. The first-order chi connectivity index (χ1) is 13.6. The molecule has 0 unspecified atom stereocenters. The van der Waals surface area contributed by atoms with E-state index in [1.165, 1.54) is 0 Å². The Morgan fingerprint density at radius 2 is 2.11 bits per heavy atom. The molecular formula is C21H24N4O3. The average molecular weight is 380 g/mol. The van der Waals surface area contributed by atoms with E-state index < -0.39 is 0 Å². The number of hydrogen-bond acceptors (Lipinski definition) is 6. The molecule has 2 heterocycles. The van der Waals surface area contributed by atoms with Crippen molar-refractivity contribution in [3.05, 3.63) is 41.4 Å². The third-order valence-corrected chi connectivity index (χ3v) is 4.63. The molecule has 1 aromatic carbocycles. The fourth-order valence-electron chi connectivity index (χ4n) is 3.13. The largest absolute Gasteiger partial charge is 0.497 e. The van der Waals surface area contributed by atoms with Crippen LogP contribution in [-0.4, -0.2) is 49.1 Å². The Hall–Kier alpha value is -3.27. The van der Waals surface area contributed by atoms with Gasteiger partial charge in [0.25, 0.3) is 0 Å². The Morgan fingerprint density at radius 3 is 2.79 bits per heavy atom. The van der Waals surface area contributed by atoms with Crippen LogP contribution in [0.2, 0.25) is 0 Å². The maximum Gasteiger partial charge on any atom is 0.235 e. The number of aromatic nitrogens is 1. The molecule has 0 saturated carbocycles. The average Bonchev–Trinajstić information content (AvgIpc) is 3.16. The second-order valence-electron chi connectivity index (χ2n) is 6.55. The van der Waals surface area contributed by atoms with E-state index >= 15 is 0 Å². The number of carbonyl (C=O) groups is 1. The number of oxazole rings is 1. The van der Waals surface area contributed by atoms with Crippen molar-refractivity contribution in [2.24, 2.45) is 0 Å². The van der Waals surface area contributed by atoms with Gasteiger partial charge < -0.3 is 19.0 Å². The summed E-state index contributed by atoms with van der Waals surface area (Å²) in [5, 5.41) is 9.42. The highest BCUT2D eigenvalue weighted by Gasteiger charge is 2.25. The lowest BCUT2D eigenvalue weighted by molar-refractivity contribution is -0.131. The molecular weight excluding hydrogens is 356 g/mol. The molecule has 2 aromatic rings. The van der Waals surface area contributed by atoms with Crippen LogP contribution in [-0.2, 0) is 4.79 Å². The lowest BCUT2D eigenvalue weighted by Gasteiger charge is -2.34. The van der Waals surface area contributed by atoms with E-state index in [1.54, 1.807) is 13.2 Å². The first kappa shape index (κ1) is 19.5. The maximum atomic E-state index is 12.0. The number of ether oxygens (including phenoxy) is 1. The smallest absolute Gasteiger partial charge is 0.235 e. The third kappa shape index (κ3) is 4.52. The molecule has 1 aromatic heterocycles. The number of anilines is 1. The van der Waals surface area contributed by atoms with Gasteiger partial charge in [0, 0.05) is 38.7 Å². The van der Waals surface area contributed by atoms with Crippen LogP contribution in [0.4, 0.5) is 5.88 Å². The van der Waals surface area contributed by atoms with Crippen LogP contribution in [0, 0.1) is 11.3 Å². The molecule has 1 aliphatic heterocycles. The van der Waals surface area contributed by atoms with E-state index in [-0.39, 0.29) is 11.6 Å². The predicted molar refractivity (Wildman–Crippen MR) is 107 cm³/mol. The fraction of sp³-hybridized carbons (Fsp3) is 0.381. The Balaban J connectivity index is 1.70. The number of nitrogens with zero attached hydrogens (tertiary/aromatic N) is 4. The number of hydrogen-bond donors (Lipinski definition) is 0. The molecule has 3 rings (SSSR count). The summed E-state index contributed by atoms with van der Waals surface area (Å²) in [4.78, 5) is 20.2. The third-order valence-electron chi connectivity index (χ3n) is 4.63. The Bertz CT molecular complexity index is 889. The van der Waals surface area contributed by atoms with Gasteiger partial charge >= 0.3 is 0 Å². The number of benzene rings is 1. The molecule has 0 radical (unpaired) electrons. The SMILES string of the molecule is CCCC(=O)N1CCN(c2oc(C=Cc3cccc(OC)c3)nc2C#N)CC1. The highest BCUT2D eigenvalue weighted by atomic mass is 16.5. The second-order valence-corrected chi connectivity index (χ2v) is 6.55. The van der Waals surface area contributed by atoms with Gasteiger partial charge in [0.2, 0.25) is 23.4 Å². The molecule has 1 saturated heterocycles. The van der Waals surface area contributed by atoms with Crippen molar-refractivity contribution in [1.82, 2.24) is 9.88 Å². The van der Waals surface area contributed by atoms with Crippen molar-refractivity contribution in [3.8, 4) is 11.8 Å². The van der Waals surface area contributed by atoms with Crippen LogP contribution in [0.15, 0.2) is 28.7 Å². The number of methoxy groups -OCH3 is 1. The quantitative estimate of drug-likeness (QED) is 0.765. The van der Waals surface area contributed by atoms with Crippen molar-refractivity contribution in [1.29, 1.82) is 5.26 Å². The summed E-state index contributed by atoms with van der Waals surface area (Å²) in [7, 11) is 1.62. The van der Waals surface area contributed by atoms with Crippen molar-refractivity contribution >= 4 is 23.9 Å². The Kier molecular flexibility index (Phi) is 6.33. The zero-order valence-corrected chi connectivity index (χ0v) is 16.2. The van der Waals surface area contributed by atoms with Gasteiger partial charge in [-0.05, 0) is 30.2 Å². The van der Waals surface area contributed by atoms with Crippen LogP contribution in [0.25, 0.3) is 12.2 Å². The van der Waals surface area contributed by atoms with E-state index in [4.69, 9.17) is 9.15 Å². The normalized spacial score (nSPS) is 14.3. The summed E-state index contributed by atoms with van der Waals surface area (Å²) in [6.45, 7) is 4.50. The van der Waals surface area contributed by atoms with E-state index in [2.05, 4.69) is 11.1 Å². The van der Waals surface area contributed by atoms with Gasteiger partial charge in [0.1, 0.15) is 11.8 Å². The highest BCUT2D eigenvalue weighted by molar-refractivity contribution is 5.76. The van der Waals surface area contributed by atoms with Crippen LogP contribution < -0.4 is 9.64 Å². The molecule has 1 fully saturated rings. The predicted octanol–water partition coefficient (Wildman–Crippen LogP) is 3.17. The van der Waals surface area contributed by atoms with Crippen molar-refractivity contribution in [2.75, 3.05) is 38.2 Å². The summed E-state index contributed by atoms with van der Waals surface area (Å²) >= 11 is 0. The van der Waals surface area contributed by atoms with Gasteiger partial charge in [-0.25, -0.2) is 0 Å². The van der Waals surface area contributed by atoms with Crippen molar-refractivity contribution < 1.29 is 13.9 Å². The number of nitriles is 1. The molecule has 1 aliphatic rings. The monoisotopic (exact) mass is 380 g/mol. The molecule has 0 atom stereocenters. The number of rotatable bonds is 6. The maximum absolute atomic E-state index is 12.0. The van der Waals surface area contributed by atoms with Crippen molar-refractivity contribution in [2.45, 2.75) is 19.8 Å². The zero-order valence-electron chi connectivity index (χ0n) is 16.2. The van der Waals surface area contributed by atoms with Crippen LogP contribution in [0.1, 0.15) is 36.9 Å². The lowest BCUT2D eigenvalue weighted by atomic mass is 10.2. The minimum atomic E-state index is 0.183. The molecule has 7 nitrogen and oxygen atoms in total. The van der Waals surface area contributed by atoms with Gasteiger partial charge in [-0.15, -0.1) is 0 Å². The first-order valence-electron chi connectivity index (χ1n) is 9.40. The molecule has 0 N–H and O–H groups in total. The summed E-state index contributed by atoms with van der Waals surface area (Å²) in [6.07, 6.45) is 5.02. The molecule has 0 bridgehead atoms. The molecule has 7 heteroatoms. The van der Waals surface area contributed by atoms with E-state index in [9.17, 15) is 10.1 Å². The minimum Gasteiger partial charge on any atom is -0.497 e. The topological polar surface area (TPSA) is 82.6 Å². The molecule has 0 aliphatic carbocycles. The van der Waals surface area contributed by atoms with Crippen LogP contribution in [0.3, 0.4) is 0 Å². The Morgan fingerprint density at radius 1 is 1.32 bits per heavy atom. The fourth-order valence-corrected chi connectivity index (χ4v) is 3.13. The number of carbonyl (C=O) groups excluding carboxylic acids is 1. The molecule has 1 amide bonds. The molecule has 0 spiro atoms. The number of amides is 1. The van der Waals surface area contributed by atoms with Crippen molar-refractivity contribution in [3.63, 3.8) is 0 Å². The number of piperazine rings is 1. The van der Waals surface area contributed by atoms with E-state index in [1.807, 2.05) is 47.1 Å². The first-order valence-corrected chi connectivity index (χ1v) is 9.40. The van der Waals surface area contributed by atoms with Gasteiger partial charge in [-0.2, -0.15) is 10.2 Å². The Labute approximate surface area is 164 Å². The van der Waals surface area contributed by atoms with E-state index in [0.29, 0.717) is 44.4 Å². The molecule has 146 valence electrons. The van der Waals surface area contributed by atoms with Gasteiger partial charge in [-0.3, -0.25) is 4.79 Å². The summed E-state index contributed by atoms with van der Waals surface area (Å²) < 4.78 is 11.1. The van der Waals surface area contributed by atoms with Gasteiger partial charge in [0.15, 0.2) is 0 Å². The van der Waals surface area contributed by atoms with Gasteiger partial charge in [0.05, 0.1) is 7.11 Å². The van der Waals surface area contributed by atoms with E-state index in [0.717, 1.165) is 17.7 Å². The summed E-state index contributed by atoms with van der Waals surface area (Å²) in [6, 6.07) is 9.73. The highest BCUT2D eigenvalue weighted by Crippen LogP contribution is 2.24. The zero-order chi connectivity index (χ0) is 19.9. The standard InChI is InChI=1S/C21H24N4O3/c1-3-5-20(26)24-10-12-25(13-11-24)21-18(15-22)23-19(28-21)9-8-16-6-4-7-17(14-16)27-2/h4,6-9,14H,3,5,10-13H2,1-2H3. The van der Waals surface area contributed by atoms with Crippen LogP contribution >= 0.6 is 0 Å². The van der Waals surface area contributed by atoms with Crippen LogP contribution in [0.5, 0.6) is 5.75 Å². The lowest BCUT2D eigenvalue weighted by Crippen LogP contribution is -2.48. The van der Waals surface area contributed by atoms with Gasteiger partial charge in [-0.1, -0.05) is 19.1 Å². The minimum absolute atomic E-state index is 0.183.